The summed E-state index contributed by atoms with van der Waals surface area (Å²) in [4.78, 5) is 0. The van der Waals surface area contributed by atoms with Gasteiger partial charge >= 0.3 is 0 Å². The van der Waals surface area contributed by atoms with E-state index in [9.17, 15) is 0 Å². The molecule has 4 heteroatoms. The fourth-order valence-corrected chi connectivity index (χ4v) is 3.91. The van der Waals surface area contributed by atoms with Gasteiger partial charge in [0, 0.05) is 18.1 Å². The molecule has 1 rings (SSSR count). The van der Waals surface area contributed by atoms with E-state index in [1.54, 1.807) is 0 Å². The van der Waals surface area contributed by atoms with Gasteiger partial charge in [-0.05, 0) is 51.5 Å². The van der Waals surface area contributed by atoms with Crippen LogP contribution < -0.4 is 22.9 Å². The fourth-order valence-electron chi connectivity index (χ4n) is 3.91. The van der Waals surface area contributed by atoms with Crippen LogP contribution >= 0.6 is 0 Å². The number of rotatable bonds is 16. The molecule has 0 amide bonds. The zero-order valence-electron chi connectivity index (χ0n) is 19.2. The van der Waals surface area contributed by atoms with Gasteiger partial charge in [0.25, 0.3) is 0 Å². The Bertz CT molecular complexity index is 280. The van der Waals surface area contributed by atoms with Crippen molar-refractivity contribution in [2.24, 2.45) is 22.9 Å². The molecule has 1 fully saturated rings. The average Bonchev–Trinajstić information content (AvgIpc) is 2.69. The van der Waals surface area contributed by atoms with Crippen LogP contribution in [0.4, 0.5) is 0 Å². The zero-order chi connectivity index (χ0) is 20.9. The highest BCUT2D eigenvalue weighted by molar-refractivity contribution is 4.75. The molecule has 0 aromatic heterocycles. The van der Waals surface area contributed by atoms with Gasteiger partial charge in [-0.1, -0.05) is 84.0 Å². The topological polar surface area (TPSA) is 104 Å². The van der Waals surface area contributed by atoms with Crippen LogP contribution in [0.2, 0.25) is 0 Å². The number of hydrogen-bond acceptors (Lipinski definition) is 4. The molecule has 1 aliphatic rings. The molecule has 1 unspecified atom stereocenters. The van der Waals surface area contributed by atoms with Crippen LogP contribution in [0.25, 0.3) is 0 Å². The van der Waals surface area contributed by atoms with Crippen molar-refractivity contribution < 1.29 is 0 Å². The van der Waals surface area contributed by atoms with Gasteiger partial charge in [-0.3, -0.25) is 0 Å². The molecule has 170 valence electrons. The summed E-state index contributed by atoms with van der Waals surface area (Å²) in [6.07, 6.45) is 24.6. The lowest BCUT2D eigenvalue weighted by molar-refractivity contribution is 0.395. The Labute approximate surface area is 176 Å². The summed E-state index contributed by atoms with van der Waals surface area (Å²) >= 11 is 0. The molecule has 0 radical (unpaired) electrons. The number of hydrogen-bond donors (Lipinski definition) is 4. The predicted octanol–water partition coefficient (Wildman–Crippen LogP) is 5.36. The van der Waals surface area contributed by atoms with Crippen LogP contribution in [0.1, 0.15) is 129 Å². The summed E-state index contributed by atoms with van der Waals surface area (Å²) in [5, 5.41) is 0. The molecule has 1 atom stereocenters. The van der Waals surface area contributed by atoms with Crippen molar-refractivity contribution in [3.8, 4) is 0 Å². The molecule has 4 nitrogen and oxygen atoms in total. The average molecular weight is 399 g/mol. The van der Waals surface area contributed by atoms with E-state index < -0.39 is 0 Å². The summed E-state index contributed by atoms with van der Waals surface area (Å²) in [5.41, 5.74) is 22.9. The third-order valence-electron chi connectivity index (χ3n) is 6.02. The Hall–Kier alpha value is -0.160. The van der Waals surface area contributed by atoms with E-state index >= 15 is 0 Å². The maximum atomic E-state index is 6.15. The lowest BCUT2D eigenvalue weighted by Gasteiger charge is -2.22. The van der Waals surface area contributed by atoms with Crippen molar-refractivity contribution in [2.45, 2.75) is 147 Å². The van der Waals surface area contributed by atoms with Crippen LogP contribution in [-0.4, -0.2) is 24.7 Å². The summed E-state index contributed by atoms with van der Waals surface area (Å²) in [6, 6.07) is 1.34. The van der Waals surface area contributed by atoms with Crippen LogP contribution in [0, 0.1) is 0 Å². The quantitative estimate of drug-likeness (QED) is 0.263. The van der Waals surface area contributed by atoms with Gasteiger partial charge in [0.15, 0.2) is 0 Å². The molecule has 0 saturated heterocycles. The van der Waals surface area contributed by atoms with E-state index in [0.717, 1.165) is 32.2 Å². The Morgan fingerprint density at radius 2 is 0.964 bits per heavy atom. The maximum Gasteiger partial charge on any atom is 0.00399 e. The van der Waals surface area contributed by atoms with Gasteiger partial charge in [-0.2, -0.15) is 0 Å². The van der Waals surface area contributed by atoms with Gasteiger partial charge in [0.2, 0.25) is 0 Å². The molecule has 0 aliphatic heterocycles. The van der Waals surface area contributed by atoms with Crippen molar-refractivity contribution in [3.63, 3.8) is 0 Å². The van der Waals surface area contributed by atoms with Crippen molar-refractivity contribution in [2.75, 3.05) is 6.54 Å². The summed E-state index contributed by atoms with van der Waals surface area (Å²) in [6.45, 7) is 3.12. The molecule has 0 bridgehead atoms. The van der Waals surface area contributed by atoms with E-state index in [4.69, 9.17) is 22.9 Å². The third-order valence-corrected chi connectivity index (χ3v) is 6.02. The standard InChI is InChI=1S/C18H40N2.C6H14N2/c1-2-3-4-12-15-18(20)16-13-10-8-6-5-7-9-11-14-17-19;7-5-1-2-6(8)4-3-5/h18H,2-17,19-20H2,1H3;5-6H,1-4,7-8H2. The molecular formula is C24H54N4. The summed E-state index contributed by atoms with van der Waals surface area (Å²) in [7, 11) is 0. The van der Waals surface area contributed by atoms with E-state index in [1.165, 1.54) is 96.3 Å². The van der Waals surface area contributed by atoms with E-state index in [1.807, 2.05) is 0 Å². The first-order valence-corrected chi connectivity index (χ1v) is 12.6. The van der Waals surface area contributed by atoms with Crippen molar-refractivity contribution in [1.29, 1.82) is 0 Å². The third kappa shape index (κ3) is 20.6. The highest BCUT2D eigenvalue weighted by Gasteiger charge is 2.13. The Kier molecular flexibility index (Phi) is 21.4. The summed E-state index contributed by atoms with van der Waals surface area (Å²) < 4.78 is 0. The predicted molar refractivity (Wildman–Crippen MR) is 126 cm³/mol. The minimum absolute atomic E-state index is 0.440. The second-order valence-electron chi connectivity index (χ2n) is 9.04. The van der Waals surface area contributed by atoms with Gasteiger partial charge < -0.3 is 22.9 Å². The highest BCUT2D eigenvalue weighted by Crippen LogP contribution is 2.14. The Morgan fingerprint density at radius 1 is 0.607 bits per heavy atom. The monoisotopic (exact) mass is 398 g/mol. The maximum absolute atomic E-state index is 6.15. The SMILES string of the molecule is CCCCCCC(N)CCCCCCCCCCCN.NC1CCC(N)CC1. The lowest BCUT2D eigenvalue weighted by Crippen LogP contribution is -2.33. The normalized spacial score (nSPS) is 20.5. The molecule has 28 heavy (non-hydrogen) atoms. The van der Waals surface area contributed by atoms with Gasteiger partial charge in [0.05, 0.1) is 0 Å². The first-order chi connectivity index (χ1) is 13.6. The van der Waals surface area contributed by atoms with Crippen LogP contribution in [0.3, 0.4) is 0 Å². The van der Waals surface area contributed by atoms with Crippen molar-refractivity contribution >= 4 is 0 Å². The molecule has 0 aromatic carbocycles. The van der Waals surface area contributed by atoms with Crippen LogP contribution in [0.5, 0.6) is 0 Å². The summed E-state index contributed by atoms with van der Waals surface area (Å²) in [5.74, 6) is 0. The highest BCUT2D eigenvalue weighted by atomic mass is 14.7. The van der Waals surface area contributed by atoms with Gasteiger partial charge in [0.1, 0.15) is 0 Å². The first kappa shape index (κ1) is 27.8. The molecule has 0 heterocycles. The fraction of sp³-hybridized carbons (Fsp3) is 1.00. The van der Waals surface area contributed by atoms with Crippen molar-refractivity contribution in [3.05, 3.63) is 0 Å². The number of nitrogens with two attached hydrogens (primary N) is 4. The first-order valence-electron chi connectivity index (χ1n) is 12.6. The van der Waals surface area contributed by atoms with E-state index in [0.29, 0.717) is 18.1 Å². The second-order valence-corrected chi connectivity index (χ2v) is 9.04. The smallest absolute Gasteiger partial charge is 0.00399 e. The molecule has 1 saturated carbocycles. The minimum atomic E-state index is 0.440. The van der Waals surface area contributed by atoms with Crippen LogP contribution in [0.15, 0.2) is 0 Å². The Balaban J connectivity index is 0.000000749. The van der Waals surface area contributed by atoms with Gasteiger partial charge in [-0.15, -0.1) is 0 Å². The van der Waals surface area contributed by atoms with E-state index in [-0.39, 0.29) is 0 Å². The van der Waals surface area contributed by atoms with Crippen molar-refractivity contribution in [1.82, 2.24) is 0 Å². The minimum Gasteiger partial charge on any atom is -0.330 e. The lowest BCUT2D eigenvalue weighted by atomic mass is 9.93. The van der Waals surface area contributed by atoms with Gasteiger partial charge in [-0.25, -0.2) is 0 Å². The zero-order valence-corrected chi connectivity index (χ0v) is 19.2. The molecule has 0 spiro atoms. The van der Waals surface area contributed by atoms with Crippen LogP contribution in [-0.2, 0) is 0 Å². The Morgan fingerprint density at radius 3 is 1.36 bits per heavy atom. The largest absolute Gasteiger partial charge is 0.330 e. The molecule has 8 N–H and O–H groups in total. The van der Waals surface area contributed by atoms with E-state index in [2.05, 4.69) is 6.92 Å². The molecule has 0 aromatic rings. The number of unbranched alkanes of at least 4 members (excludes halogenated alkanes) is 11. The molecule has 1 aliphatic carbocycles. The molecular weight excluding hydrogens is 344 g/mol. The second kappa shape index (κ2) is 21.5.